The van der Waals surface area contributed by atoms with Gasteiger partial charge in [-0.05, 0) is 60.1 Å². The number of aromatic nitrogens is 1. The average Bonchev–Trinajstić information content (AvgIpc) is 2.32. The number of anilines is 1. The Morgan fingerprint density at radius 1 is 1.33 bits per heavy atom. The number of hydrogen-bond donors (Lipinski definition) is 1. The minimum atomic E-state index is 0.0972. The molecule has 1 aromatic rings. The first kappa shape index (κ1) is 17.7. The van der Waals surface area contributed by atoms with E-state index >= 15 is 0 Å². The molecular formula is C18H31N3. The van der Waals surface area contributed by atoms with Crippen molar-refractivity contribution in [3.8, 4) is 0 Å². The van der Waals surface area contributed by atoms with Gasteiger partial charge in [0.15, 0.2) is 0 Å². The van der Waals surface area contributed by atoms with Crippen LogP contribution in [0.1, 0.15) is 51.4 Å². The summed E-state index contributed by atoms with van der Waals surface area (Å²) >= 11 is 0. The van der Waals surface area contributed by atoms with Crippen LogP contribution < -0.4 is 10.2 Å². The molecule has 0 amide bonds. The van der Waals surface area contributed by atoms with Crippen molar-refractivity contribution in [2.24, 2.45) is 0 Å². The Labute approximate surface area is 130 Å². The maximum absolute atomic E-state index is 4.80. The smallest absolute Gasteiger partial charge is 0.133 e. The SMILES string of the molecule is C=C(C)CN(CC)c1nc(C)cc(C)c1CNC(C)(C)C. The van der Waals surface area contributed by atoms with E-state index in [4.69, 9.17) is 4.98 Å². The highest BCUT2D eigenvalue weighted by Crippen LogP contribution is 2.24. The van der Waals surface area contributed by atoms with Gasteiger partial charge in [0, 0.05) is 36.4 Å². The summed E-state index contributed by atoms with van der Waals surface area (Å²) in [6.45, 7) is 21.7. The highest BCUT2D eigenvalue weighted by Gasteiger charge is 2.17. The van der Waals surface area contributed by atoms with E-state index in [1.807, 2.05) is 0 Å². The van der Waals surface area contributed by atoms with Gasteiger partial charge in [-0.15, -0.1) is 0 Å². The van der Waals surface area contributed by atoms with E-state index in [1.54, 1.807) is 0 Å². The lowest BCUT2D eigenvalue weighted by Gasteiger charge is -2.28. The molecule has 0 radical (unpaired) electrons. The van der Waals surface area contributed by atoms with Crippen LogP contribution in [0.3, 0.4) is 0 Å². The van der Waals surface area contributed by atoms with Gasteiger partial charge in [-0.25, -0.2) is 4.98 Å². The lowest BCUT2D eigenvalue weighted by atomic mass is 10.0. The second-order valence-electron chi connectivity index (χ2n) is 6.96. The quantitative estimate of drug-likeness (QED) is 0.803. The van der Waals surface area contributed by atoms with Crippen LogP contribution in [-0.4, -0.2) is 23.6 Å². The third-order valence-electron chi connectivity index (χ3n) is 3.39. The van der Waals surface area contributed by atoms with Gasteiger partial charge >= 0.3 is 0 Å². The lowest BCUT2D eigenvalue weighted by molar-refractivity contribution is 0.423. The number of rotatable bonds is 6. The monoisotopic (exact) mass is 289 g/mol. The van der Waals surface area contributed by atoms with E-state index in [1.165, 1.54) is 11.1 Å². The normalized spacial score (nSPS) is 11.6. The predicted molar refractivity (Wildman–Crippen MR) is 93.0 cm³/mol. The third-order valence-corrected chi connectivity index (χ3v) is 3.39. The molecule has 1 rings (SSSR count). The van der Waals surface area contributed by atoms with E-state index in [2.05, 4.69) is 71.3 Å². The van der Waals surface area contributed by atoms with Gasteiger partial charge in [-0.2, -0.15) is 0 Å². The second-order valence-corrected chi connectivity index (χ2v) is 6.96. The molecule has 0 fully saturated rings. The summed E-state index contributed by atoms with van der Waals surface area (Å²) in [5, 5.41) is 3.58. The third kappa shape index (κ3) is 5.50. The first-order chi connectivity index (χ1) is 9.64. The minimum absolute atomic E-state index is 0.0972. The zero-order chi connectivity index (χ0) is 16.2. The summed E-state index contributed by atoms with van der Waals surface area (Å²) in [5.74, 6) is 1.09. The fourth-order valence-electron chi connectivity index (χ4n) is 2.34. The topological polar surface area (TPSA) is 28.2 Å². The molecular weight excluding hydrogens is 258 g/mol. The standard InChI is InChI=1S/C18H31N3/c1-9-21(12-13(2)3)17-16(11-19-18(6,7)8)14(4)10-15(5)20-17/h10,19H,2,9,11-12H2,1,3-8H3. The van der Waals surface area contributed by atoms with Crippen LogP contribution in [0.2, 0.25) is 0 Å². The molecule has 1 heterocycles. The molecule has 0 aliphatic heterocycles. The van der Waals surface area contributed by atoms with E-state index in [0.29, 0.717) is 0 Å². The second kappa shape index (κ2) is 7.08. The molecule has 3 nitrogen and oxygen atoms in total. The molecule has 1 aromatic heterocycles. The zero-order valence-corrected chi connectivity index (χ0v) is 14.8. The maximum Gasteiger partial charge on any atom is 0.133 e. The molecule has 3 heteroatoms. The van der Waals surface area contributed by atoms with Crippen molar-refractivity contribution < 1.29 is 0 Å². The number of aryl methyl sites for hydroxylation is 2. The van der Waals surface area contributed by atoms with E-state index in [9.17, 15) is 0 Å². The molecule has 0 saturated heterocycles. The molecule has 0 unspecified atom stereocenters. The number of pyridine rings is 1. The summed E-state index contributed by atoms with van der Waals surface area (Å²) < 4.78 is 0. The van der Waals surface area contributed by atoms with Crippen molar-refractivity contribution in [3.05, 3.63) is 35.0 Å². The van der Waals surface area contributed by atoms with Crippen LogP contribution in [0.5, 0.6) is 0 Å². The van der Waals surface area contributed by atoms with Crippen LogP contribution in [0.15, 0.2) is 18.2 Å². The molecule has 0 aliphatic rings. The first-order valence-corrected chi connectivity index (χ1v) is 7.75. The van der Waals surface area contributed by atoms with Crippen LogP contribution in [0, 0.1) is 13.8 Å². The molecule has 0 aromatic carbocycles. The molecule has 0 atom stereocenters. The molecule has 21 heavy (non-hydrogen) atoms. The van der Waals surface area contributed by atoms with Crippen LogP contribution in [-0.2, 0) is 6.54 Å². The van der Waals surface area contributed by atoms with E-state index in [0.717, 1.165) is 36.7 Å². The Morgan fingerprint density at radius 2 is 1.95 bits per heavy atom. The lowest BCUT2D eigenvalue weighted by Crippen LogP contribution is -2.36. The largest absolute Gasteiger partial charge is 0.353 e. The first-order valence-electron chi connectivity index (χ1n) is 7.75. The average molecular weight is 289 g/mol. The molecule has 1 N–H and O–H groups in total. The summed E-state index contributed by atoms with van der Waals surface area (Å²) in [6.07, 6.45) is 0. The van der Waals surface area contributed by atoms with E-state index in [-0.39, 0.29) is 5.54 Å². The predicted octanol–water partition coefficient (Wildman–Crippen LogP) is 3.99. The number of nitrogens with one attached hydrogen (secondary N) is 1. The van der Waals surface area contributed by atoms with Gasteiger partial charge in [0.05, 0.1) is 0 Å². The van der Waals surface area contributed by atoms with Gasteiger partial charge < -0.3 is 10.2 Å². The molecule has 0 aliphatic carbocycles. The summed E-state index contributed by atoms with van der Waals surface area (Å²) in [7, 11) is 0. The number of likely N-dealkylation sites (N-methyl/N-ethyl adjacent to an activating group) is 1. The van der Waals surface area contributed by atoms with Gasteiger partial charge in [-0.1, -0.05) is 12.2 Å². The molecule has 0 saturated carbocycles. The van der Waals surface area contributed by atoms with Gasteiger partial charge in [0.2, 0.25) is 0 Å². The Hall–Kier alpha value is -1.35. The molecule has 118 valence electrons. The van der Waals surface area contributed by atoms with Crippen molar-refractivity contribution in [1.29, 1.82) is 0 Å². The van der Waals surface area contributed by atoms with Crippen molar-refractivity contribution in [1.82, 2.24) is 10.3 Å². The van der Waals surface area contributed by atoms with Crippen LogP contribution in [0.4, 0.5) is 5.82 Å². The fourth-order valence-corrected chi connectivity index (χ4v) is 2.34. The van der Waals surface area contributed by atoms with Crippen LogP contribution in [0.25, 0.3) is 0 Å². The Bertz CT molecular complexity index is 498. The van der Waals surface area contributed by atoms with Crippen LogP contribution >= 0.6 is 0 Å². The van der Waals surface area contributed by atoms with E-state index < -0.39 is 0 Å². The van der Waals surface area contributed by atoms with Gasteiger partial charge in [0.1, 0.15) is 5.82 Å². The highest BCUT2D eigenvalue weighted by molar-refractivity contribution is 5.52. The minimum Gasteiger partial charge on any atom is -0.353 e. The zero-order valence-electron chi connectivity index (χ0n) is 14.8. The van der Waals surface area contributed by atoms with Gasteiger partial charge in [-0.3, -0.25) is 0 Å². The maximum atomic E-state index is 4.80. The Morgan fingerprint density at radius 3 is 2.43 bits per heavy atom. The van der Waals surface area contributed by atoms with Crippen molar-refractivity contribution in [3.63, 3.8) is 0 Å². The molecule has 0 bridgehead atoms. The molecule has 0 spiro atoms. The number of hydrogen-bond acceptors (Lipinski definition) is 3. The summed E-state index contributed by atoms with van der Waals surface area (Å²) in [4.78, 5) is 7.11. The Kier molecular flexibility index (Phi) is 5.97. The highest BCUT2D eigenvalue weighted by atomic mass is 15.2. The fraction of sp³-hybridized carbons (Fsp3) is 0.611. The van der Waals surface area contributed by atoms with Crippen molar-refractivity contribution >= 4 is 5.82 Å². The summed E-state index contributed by atoms with van der Waals surface area (Å²) in [6, 6.07) is 2.16. The number of nitrogens with zero attached hydrogens (tertiary/aromatic N) is 2. The van der Waals surface area contributed by atoms with Crippen molar-refractivity contribution in [2.75, 3.05) is 18.0 Å². The van der Waals surface area contributed by atoms with Crippen molar-refractivity contribution in [2.45, 2.75) is 60.5 Å². The summed E-state index contributed by atoms with van der Waals surface area (Å²) in [5.41, 5.74) is 4.92. The van der Waals surface area contributed by atoms with Gasteiger partial charge in [0.25, 0.3) is 0 Å². The Balaban J connectivity index is 3.18.